The molecule has 24 heavy (non-hydrogen) atoms. The molecule has 0 heterocycles. The molecule has 0 amide bonds. The fraction of sp³-hybridized carbons (Fsp3) is 0.316. The average molecular weight is 441 g/mol. The van der Waals surface area contributed by atoms with Gasteiger partial charge < -0.3 is 10.6 Å². The molecular weight excluding hydrogens is 416 g/mol. The van der Waals surface area contributed by atoms with Crippen LogP contribution in [0.4, 0.5) is 4.39 Å². The predicted molar refractivity (Wildman–Crippen MR) is 109 cm³/mol. The molecule has 0 radical (unpaired) electrons. The third kappa shape index (κ3) is 6.86. The Labute approximate surface area is 160 Å². The molecule has 0 saturated heterocycles. The molecule has 3 nitrogen and oxygen atoms in total. The van der Waals surface area contributed by atoms with Crippen molar-refractivity contribution in [2.24, 2.45) is 4.99 Å². The zero-order valence-electron chi connectivity index (χ0n) is 14.1. The Kier molecular flexibility index (Phi) is 9.37. The number of hydrogen-bond acceptors (Lipinski definition) is 1. The Morgan fingerprint density at radius 1 is 1.12 bits per heavy atom. The Morgan fingerprint density at radius 3 is 2.54 bits per heavy atom. The molecule has 0 spiro atoms. The van der Waals surface area contributed by atoms with E-state index in [1.807, 2.05) is 24.3 Å². The van der Waals surface area contributed by atoms with E-state index in [1.54, 1.807) is 19.2 Å². The van der Waals surface area contributed by atoms with Crippen LogP contribution in [0.15, 0.2) is 59.6 Å². The summed E-state index contributed by atoms with van der Waals surface area (Å²) in [4.78, 5) is 4.25. The fourth-order valence-electron chi connectivity index (χ4n) is 2.42. The first kappa shape index (κ1) is 20.4. The number of rotatable bonds is 6. The molecule has 5 heteroatoms. The summed E-state index contributed by atoms with van der Waals surface area (Å²) >= 11 is 0. The van der Waals surface area contributed by atoms with Crippen molar-refractivity contribution >= 4 is 29.9 Å². The molecule has 2 aromatic carbocycles. The first-order valence-corrected chi connectivity index (χ1v) is 7.95. The topological polar surface area (TPSA) is 36.4 Å². The summed E-state index contributed by atoms with van der Waals surface area (Å²) in [6.45, 7) is 2.90. The van der Waals surface area contributed by atoms with E-state index in [4.69, 9.17) is 0 Å². The first-order chi connectivity index (χ1) is 11.2. The lowest BCUT2D eigenvalue weighted by atomic mass is 10.1. The van der Waals surface area contributed by atoms with Crippen LogP contribution < -0.4 is 10.6 Å². The van der Waals surface area contributed by atoms with Crippen molar-refractivity contribution in [3.8, 4) is 0 Å². The van der Waals surface area contributed by atoms with Crippen LogP contribution in [0.2, 0.25) is 0 Å². The fourth-order valence-corrected chi connectivity index (χ4v) is 2.42. The highest BCUT2D eigenvalue weighted by Gasteiger charge is 2.06. The van der Waals surface area contributed by atoms with E-state index < -0.39 is 0 Å². The monoisotopic (exact) mass is 441 g/mol. The maximum atomic E-state index is 13.1. The Morgan fingerprint density at radius 2 is 1.88 bits per heavy atom. The van der Waals surface area contributed by atoms with Crippen molar-refractivity contribution in [1.29, 1.82) is 0 Å². The number of hydrogen-bond donors (Lipinski definition) is 2. The lowest BCUT2D eigenvalue weighted by molar-refractivity contribution is 0.623. The van der Waals surface area contributed by atoms with E-state index in [-0.39, 0.29) is 35.8 Å². The highest BCUT2D eigenvalue weighted by atomic mass is 127. The predicted octanol–water partition coefficient (Wildman–Crippen LogP) is 4.30. The SMILES string of the molecule is CN=C(NCCCc1cccc(F)c1)NC(C)c1ccccc1.I. The number of aliphatic imine (C=N–C) groups is 1. The van der Waals surface area contributed by atoms with Gasteiger partial charge in [-0.2, -0.15) is 0 Å². The van der Waals surface area contributed by atoms with Gasteiger partial charge in [0.05, 0.1) is 6.04 Å². The van der Waals surface area contributed by atoms with E-state index in [1.165, 1.54) is 11.6 Å². The minimum atomic E-state index is -0.176. The second kappa shape index (κ2) is 11.0. The molecule has 0 aliphatic carbocycles. The van der Waals surface area contributed by atoms with Gasteiger partial charge in [0.1, 0.15) is 5.82 Å². The second-order valence-corrected chi connectivity index (χ2v) is 5.51. The summed E-state index contributed by atoms with van der Waals surface area (Å²) in [6, 6.07) is 17.2. The number of nitrogens with one attached hydrogen (secondary N) is 2. The maximum absolute atomic E-state index is 13.1. The second-order valence-electron chi connectivity index (χ2n) is 5.51. The van der Waals surface area contributed by atoms with Crippen LogP contribution in [0.25, 0.3) is 0 Å². The maximum Gasteiger partial charge on any atom is 0.191 e. The molecule has 1 unspecified atom stereocenters. The summed E-state index contributed by atoms with van der Waals surface area (Å²) in [5, 5.41) is 6.67. The van der Waals surface area contributed by atoms with Crippen LogP contribution in [0.1, 0.15) is 30.5 Å². The molecule has 1 atom stereocenters. The Balaban J connectivity index is 0.00000288. The van der Waals surface area contributed by atoms with Gasteiger partial charge in [-0.3, -0.25) is 4.99 Å². The van der Waals surface area contributed by atoms with Gasteiger partial charge in [0.25, 0.3) is 0 Å². The minimum Gasteiger partial charge on any atom is -0.356 e. The summed E-state index contributed by atoms with van der Waals surface area (Å²) in [7, 11) is 1.76. The largest absolute Gasteiger partial charge is 0.356 e. The first-order valence-electron chi connectivity index (χ1n) is 7.95. The van der Waals surface area contributed by atoms with Crippen molar-refractivity contribution in [3.63, 3.8) is 0 Å². The van der Waals surface area contributed by atoms with E-state index in [0.29, 0.717) is 0 Å². The molecule has 2 rings (SSSR count). The third-order valence-corrected chi connectivity index (χ3v) is 3.70. The molecule has 0 aromatic heterocycles. The Hall–Kier alpha value is -1.63. The van der Waals surface area contributed by atoms with Crippen molar-refractivity contribution in [2.45, 2.75) is 25.8 Å². The van der Waals surface area contributed by atoms with Crippen molar-refractivity contribution in [1.82, 2.24) is 10.6 Å². The third-order valence-electron chi connectivity index (χ3n) is 3.70. The van der Waals surface area contributed by atoms with Crippen LogP contribution in [0.5, 0.6) is 0 Å². The van der Waals surface area contributed by atoms with Gasteiger partial charge in [-0.15, -0.1) is 24.0 Å². The molecule has 2 N–H and O–H groups in total. The number of nitrogens with zero attached hydrogens (tertiary/aromatic N) is 1. The van der Waals surface area contributed by atoms with Crippen molar-refractivity contribution < 1.29 is 4.39 Å². The minimum absolute atomic E-state index is 0. The van der Waals surface area contributed by atoms with E-state index in [0.717, 1.165) is 30.9 Å². The molecule has 0 fully saturated rings. The van der Waals surface area contributed by atoms with Crippen LogP contribution in [0.3, 0.4) is 0 Å². The molecule has 130 valence electrons. The van der Waals surface area contributed by atoms with Gasteiger partial charge in [0.2, 0.25) is 0 Å². The van der Waals surface area contributed by atoms with Gasteiger partial charge in [0.15, 0.2) is 5.96 Å². The molecule has 0 bridgehead atoms. The summed E-state index contributed by atoms with van der Waals surface area (Å²) in [6.07, 6.45) is 1.76. The van der Waals surface area contributed by atoms with Crippen LogP contribution >= 0.6 is 24.0 Å². The highest BCUT2D eigenvalue weighted by Crippen LogP contribution is 2.10. The summed E-state index contributed by atoms with van der Waals surface area (Å²) in [5.41, 5.74) is 2.24. The van der Waals surface area contributed by atoms with E-state index >= 15 is 0 Å². The quantitative estimate of drug-likeness (QED) is 0.304. The van der Waals surface area contributed by atoms with Crippen LogP contribution in [0, 0.1) is 5.82 Å². The van der Waals surface area contributed by atoms with Gasteiger partial charge in [-0.05, 0) is 43.0 Å². The van der Waals surface area contributed by atoms with Gasteiger partial charge in [-0.25, -0.2) is 4.39 Å². The van der Waals surface area contributed by atoms with Gasteiger partial charge in [-0.1, -0.05) is 42.5 Å². The highest BCUT2D eigenvalue weighted by molar-refractivity contribution is 14.0. The number of guanidine groups is 1. The lowest BCUT2D eigenvalue weighted by Crippen LogP contribution is -2.39. The summed E-state index contributed by atoms with van der Waals surface area (Å²) in [5.74, 6) is 0.602. The molecule has 0 aliphatic heterocycles. The average Bonchev–Trinajstić information content (AvgIpc) is 2.58. The summed E-state index contributed by atoms with van der Waals surface area (Å²) < 4.78 is 13.1. The standard InChI is InChI=1S/C19H24FN3.HI/c1-15(17-10-4-3-5-11-17)23-19(21-2)22-13-7-9-16-8-6-12-18(20)14-16;/h3-6,8,10-12,14-15H,7,9,13H2,1-2H3,(H2,21,22,23);1H. The lowest BCUT2D eigenvalue weighted by Gasteiger charge is -2.18. The molecule has 0 aliphatic rings. The molecule has 0 saturated carbocycles. The zero-order valence-corrected chi connectivity index (χ0v) is 16.5. The van der Waals surface area contributed by atoms with Crippen molar-refractivity contribution in [3.05, 3.63) is 71.5 Å². The zero-order chi connectivity index (χ0) is 16.5. The van der Waals surface area contributed by atoms with Crippen LogP contribution in [-0.4, -0.2) is 19.6 Å². The molecular formula is C19H25FIN3. The van der Waals surface area contributed by atoms with E-state index in [2.05, 4.69) is 34.7 Å². The van der Waals surface area contributed by atoms with Gasteiger partial charge in [0, 0.05) is 13.6 Å². The smallest absolute Gasteiger partial charge is 0.191 e. The van der Waals surface area contributed by atoms with Gasteiger partial charge >= 0.3 is 0 Å². The van der Waals surface area contributed by atoms with E-state index in [9.17, 15) is 4.39 Å². The number of aryl methyl sites for hydroxylation is 1. The number of halogens is 2. The number of benzene rings is 2. The molecule has 2 aromatic rings. The van der Waals surface area contributed by atoms with Crippen LogP contribution in [-0.2, 0) is 6.42 Å². The van der Waals surface area contributed by atoms with Crippen molar-refractivity contribution in [2.75, 3.05) is 13.6 Å². The normalized spacial score (nSPS) is 12.2. The Bertz CT molecular complexity index is 632.